The highest BCUT2D eigenvalue weighted by atomic mass is 35.5. The first-order valence-corrected chi connectivity index (χ1v) is 11.2. The number of nitrogens with one attached hydrogen (secondary N) is 1. The average Bonchev–Trinajstić information content (AvgIpc) is 3.09. The second-order valence-electron chi connectivity index (χ2n) is 6.80. The molecule has 0 atom stereocenters. The van der Waals surface area contributed by atoms with Crippen molar-refractivity contribution in [3.05, 3.63) is 95.1 Å². The molecule has 0 bridgehead atoms. The standard InChI is InChI=1S/C23H19ClN2O3S/c1-25-23(27)21-22(30(28,29)18-13-11-17(24)12-14-18)19-9-5-6-10-20(19)26(21)15-16-7-3-2-4-8-16/h2-14H,15H2,1H3,(H,25,27). The van der Waals surface area contributed by atoms with Gasteiger partial charge in [0, 0.05) is 24.0 Å². The van der Waals surface area contributed by atoms with Gasteiger partial charge < -0.3 is 9.88 Å². The van der Waals surface area contributed by atoms with E-state index in [1.807, 2.05) is 42.5 Å². The number of halogens is 1. The van der Waals surface area contributed by atoms with Crippen LogP contribution in [0.5, 0.6) is 0 Å². The minimum atomic E-state index is -3.98. The molecule has 0 saturated carbocycles. The molecule has 152 valence electrons. The largest absolute Gasteiger partial charge is 0.354 e. The second-order valence-corrected chi connectivity index (χ2v) is 9.13. The van der Waals surface area contributed by atoms with Crippen LogP contribution in [0.3, 0.4) is 0 Å². The van der Waals surface area contributed by atoms with E-state index in [4.69, 9.17) is 11.6 Å². The molecular formula is C23H19ClN2O3S. The number of fused-ring (bicyclic) bond motifs is 1. The number of para-hydroxylation sites is 1. The molecule has 0 spiro atoms. The summed E-state index contributed by atoms with van der Waals surface area (Å²) < 4.78 is 29.0. The Morgan fingerprint density at radius 2 is 1.57 bits per heavy atom. The SMILES string of the molecule is CNC(=O)c1c(S(=O)(=O)c2ccc(Cl)cc2)c2ccccc2n1Cc1ccccc1. The molecule has 0 fully saturated rings. The van der Waals surface area contributed by atoms with Gasteiger partial charge in [0.1, 0.15) is 10.6 Å². The quantitative estimate of drug-likeness (QED) is 0.497. The smallest absolute Gasteiger partial charge is 0.269 e. The fraction of sp³-hybridized carbons (Fsp3) is 0.0870. The van der Waals surface area contributed by atoms with Gasteiger partial charge in [-0.1, -0.05) is 60.1 Å². The van der Waals surface area contributed by atoms with Crippen molar-refractivity contribution in [3.63, 3.8) is 0 Å². The van der Waals surface area contributed by atoms with Crippen molar-refractivity contribution in [2.45, 2.75) is 16.3 Å². The van der Waals surface area contributed by atoms with Crippen LogP contribution in [-0.2, 0) is 16.4 Å². The molecule has 0 radical (unpaired) electrons. The number of carbonyl (C=O) groups excluding carboxylic acids is 1. The van der Waals surface area contributed by atoms with Crippen molar-refractivity contribution < 1.29 is 13.2 Å². The highest BCUT2D eigenvalue weighted by molar-refractivity contribution is 7.91. The van der Waals surface area contributed by atoms with Crippen LogP contribution in [0.1, 0.15) is 16.1 Å². The Bertz CT molecular complexity index is 1330. The number of aromatic nitrogens is 1. The third kappa shape index (κ3) is 3.49. The number of carbonyl (C=O) groups is 1. The topological polar surface area (TPSA) is 68.2 Å². The molecule has 4 rings (SSSR count). The molecule has 7 heteroatoms. The molecule has 0 aliphatic carbocycles. The molecule has 30 heavy (non-hydrogen) atoms. The zero-order valence-corrected chi connectivity index (χ0v) is 17.7. The molecule has 1 N–H and O–H groups in total. The Morgan fingerprint density at radius 1 is 0.933 bits per heavy atom. The summed E-state index contributed by atoms with van der Waals surface area (Å²) in [6.07, 6.45) is 0. The van der Waals surface area contributed by atoms with Crippen LogP contribution in [-0.4, -0.2) is 25.9 Å². The fourth-order valence-corrected chi connectivity index (χ4v) is 5.33. The van der Waals surface area contributed by atoms with Crippen LogP contribution in [0.2, 0.25) is 5.02 Å². The number of rotatable bonds is 5. The normalized spacial score (nSPS) is 11.5. The number of benzene rings is 3. The van der Waals surface area contributed by atoms with E-state index in [2.05, 4.69) is 5.32 Å². The van der Waals surface area contributed by atoms with Crippen LogP contribution < -0.4 is 5.32 Å². The van der Waals surface area contributed by atoms with Crippen molar-refractivity contribution in [1.29, 1.82) is 0 Å². The number of hydrogen-bond donors (Lipinski definition) is 1. The zero-order chi connectivity index (χ0) is 21.3. The maximum Gasteiger partial charge on any atom is 0.269 e. The lowest BCUT2D eigenvalue weighted by atomic mass is 10.2. The lowest BCUT2D eigenvalue weighted by Crippen LogP contribution is -2.24. The van der Waals surface area contributed by atoms with Crippen molar-refractivity contribution in [2.24, 2.45) is 0 Å². The summed E-state index contributed by atoms with van der Waals surface area (Å²) in [5.41, 5.74) is 1.74. The fourth-order valence-electron chi connectivity index (χ4n) is 3.55. The summed E-state index contributed by atoms with van der Waals surface area (Å²) >= 11 is 5.94. The van der Waals surface area contributed by atoms with E-state index < -0.39 is 15.7 Å². The maximum atomic E-state index is 13.6. The molecule has 5 nitrogen and oxygen atoms in total. The van der Waals surface area contributed by atoms with E-state index >= 15 is 0 Å². The lowest BCUT2D eigenvalue weighted by molar-refractivity contribution is 0.0951. The highest BCUT2D eigenvalue weighted by Crippen LogP contribution is 2.35. The second kappa shape index (κ2) is 7.97. The Labute approximate surface area is 179 Å². The molecule has 0 aliphatic heterocycles. The predicted octanol–water partition coefficient (Wildman–Crippen LogP) is 4.54. The molecule has 1 heterocycles. The van der Waals surface area contributed by atoms with Gasteiger partial charge in [-0.05, 0) is 35.9 Å². The van der Waals surface area contributed by atoms with Crippen molar-refractivity contribution >= 4 is 38.2 Å². The number of amides is 1. The summed E-state index contributed by atoms with van der Waals surface area (Å²) in [6.45, 7) is 0.361. The van der Waals surface area contributed by atoms with E-state index in [0.717, 1.165) is 5.56 Å². The van der Waals surface area contributed by atoms with E-state index in [0.29, 0.717) is 22.5 Å². The summed E-state index contributed by atoms with van der Waals surface area (Å²) in [4.78, 5) is 13.0. The van der Waals surface area contributed by atoms with Gasteiger partial charge in [0.15, 0.2) is 0 Å². The van der Waals surface area contributed by atoms with Crippen LogP contribution in [0.15, 0.2) is 88.7 Å². The van der Waals surface area contributed by atoms with Gasteiger partial charge in [-0.3, -0.25) is 4.79 Å². The third-order valence-electron chi connectivity index (χ3n) is 4.94. The Kier molecular flexibility index (Phi) is 5.37. The van der Waals surface area contributed by atoms with Gasteiger partial charge in [-0.2, -0.15) is 0 Å². The molecule has 0 unspecified atom stereocenters. The van der Waals surface area contributed by atoms with Gasteiger partial charge >= 0.3 is 0 Å². The van der Waals surface area contributed by atoms with Crippen LogP contribution >= 0.6 is 11.6 Å². The molecule has 0 aliphatic rings. The van der Waals surface area contributed by atoms with E-state index in [-0.39, 0.29) is 15.5 Å². The maximum absolute atomic E-state index is 13.6. The summed E-state index contributed by atoms with van der Waals surface area (Å²) in [6, 6.07) is 22.7. The minimum absolute atomic E-state index is 0.00398. The Morgan fingerprint density at radius 3 is 2.23 bits per heavy atom. The van der Waals surface area contributed by atoms with Gasteiger partial charge in [-0.15, -0.1) is 0 Å². The van der Waals surface area contributed by atoms with Gasteiger partial charge in [0.25, 0.3) is 5.91 Å². The Hall–Kier alpha value is -3.09. The molecule has 0 saturated heterocycles. The predicted molar refractivity (Wildman–Crippen MR) is 118 cm³/mol. The molecule has 1 amide bonds. The van der Waals surface area contributed by atoms with Gasteiger partial charge in [0.2, 0.25) is 9.84 Å². The molecule has 4 aromatic rings. The van der Waals surface area contributed by atoms with Crippen LogP contribution in [0.25, 0.3) is 10.9 Å². The summed E-state index contributed by atoms with van der Waals surface area (Å²) in [5.74, 6) is -0.463. The number of nitrogens with zero attached hydrogens (tertiary/aromatic N) is 1. The van der Waals surface area contributed by atoms with Crippen LogP contribution in [0.4, 0.5) is 0 Å². The average molecular weight is 439 g/mol. The number of hydrogen-bond acceptors (Lipinski definition) is 3. The monoisotopic (exact) mass is 438 g/mol. The first kappa shape index (κ1) is 20.2. The highest BCUT2D eigenvalue weighted by Gasteiger charge is 2.32. The number of sulfone groups is 1. The van der Waals surface area contributed by atoms with Gasteiger partial charge in [0.05, 0.1) is 10.4 Å². The van der Waals surface area contributed by atoms with Crippen molar-refractivity contribution in [1.82, 2.24) is 9.88 Å². The van der Waals surface area contributed by atoms with Crippen LogP contribution in [0, 0.1) is 0 Å². The molecule has 1 aromatic heterocycles. The first-order valence-electron chi connectivity index (χ1n) is 9.31. The van der Waals surface area contributed by atoms with E-state index in [1.54, 1.807) is 16.7 Å². The van der Waals surface area contributed by atoms with E-state index in [9.17, 15) is 13.2 Å². The minimum Gasteiger partial charge on any atom is -0.354 e. The third-order valence-corrected chi connectivity index (χ3v) is 7.04. The molecule has 3 aromatic carbocycles. The lowest BCUT2D eigenvalue weighted by Gasteiger charge is -2.12. The first-order chi connectivity index (χ1) is 14.4. The molecular weight excluding hydrogens is 420 g/mol. The zero-order valence-electron chi connectivity index (χ0n) is 16.2. The van der Waals surface area contributed by atoms with E-state index in [1.165, 1.54) is 31.3 Å². The Balaban J connectivity index is 2.04. The van der Waals surface area contributed by atoms with Crippen molar-refractivity contribution in [2.75, 3.05) is 7.05 Å². The van der Waals surface area contributed by atoms with Crippen molar-refractivity contribution in [3.8, 4) is 0 Å². The van der Waals surface area contributed by atoms with Gasteiger partial charge in [-0.25, -0.2) is 8.42 Å². The summed E-state index contributed by atoms with van der Waals surface area (Å²) in [7, 11) is -2.49. The summed E-state index contributed by atoms with van der Waals surface area (Å²) in [5, 5.41) is 3.54.